The molecule has 1 heterocycles. The molecule has 1 aromatic heterocycles. The Hall–Kier alpha value is -1.48. The monoisotopic (exact) mass is 259 g/mol. The number of rotatable bonds is 4. The molecular weight excluding hydrogens is 242 g/mol. The molecule has 0 N–H and O–H groups in total. The Morgan fingerprint density at radius 3 is 2.78 bits per heavy atom. The highest BCUT2D eigenvalue weighted by Gasteiger charge is 2.12. The summed E-state index contributed by atoms with van der Waals surface area (Å²) in [6, 6.07) is 7.91. The predicted octanol–water partition coefficient (Wildman–Crippen LogP) is 3.88. The zero-order valence-corrected chi connectivity index (χ0v) is 11.8. The number of thiazole rings is 1. The van der Waals surface area contributed by atoms with Gasteiger partial charge in [0, 0.05) is 11.8 Å². The van der Waals surface area contributed by atoms with Crippen LogP contribution in [0.5, 0.6) is 0 Å². The Bertz CT molecular complexity index is 557. The van der Waals surface area contributed by atoms with Gasteiger partial charge < -0.3 is 0 Å². The molecule has 2 rings (SSSR count). The molecule has 0 spiro atoms. The summed E-state index contributed by atoms with van der Waals surface area (Å²) in [4.78, 5) is 17.1. The van der Waals surface area contributed by atoms with Crippen molar-refractivity contribution < 1.29 is 4.79 Å². The quantitative estimate of drug-likeness (QED) is 0.780. The van der Waals surface area contributed by atoms with Gasteiger partial charge in [0.25, 0.3) is 0 Å². The third-order valence-corrected chi connectivity index (χ3v) is 3.59. The van der Waals surface area contributed by atoms with Crippen molar-refractivity contribution in [3.8, 4) is 0 Å². The van der Waals surface area contributed by atoms with Crippen molar-refractivity contribution >= 4 is 17.1 Å². The number of nitrogens with zero attached hydrogens (tertiary/aromatic N) is 1. The van der Waals surface area contributed by atoms with E-state index in [4.69, 9.17) is 0 Å². The van der Waals surface area contributed by atoms with Crippen molar-refractivity contribution in [2.24, 2.45) is 5.92 Å². The highest BCUT2D eigenvalue weighted by atomic mass is 32.1. The van der Waals surface area contributed by atoms with Crippen molar-refractivity contribution in [2.75, 3.05) is 0 Å². The number of carbonyl (C=O) groups excluding carboxylic acids is 1. The summed E-state index contributed by atoms with van der Waals surface area (Å²) < 4.78 is 0. The van der Waals surface area contributed by atoms with Crippen LogP contribution in [0.4, 0.5) is 0 Å². The molecule has 1 aromatic carbocycles. The molecule has 3 heteroatoms. The zero-order chi connectivity index (χ0) is 13.1. The highest BCUT2D eigenvalue weighted by molar-refractivity contribution is 7.13. The van der Waals surface area contributed by atoms with Crippen molar-refractivity contribution in [3.05, 3.63) is 51.5 Å². The Balaban J connectivity index is 2.25. The van der Waals surface area contributed by atoms with Crippen LogP contribution in [0.15, 0.2) is 30.5 Å². The second kappa shape index (κ2) is 5.44. The summed E-state index contributed by atoms with van der Waals surface area (Å²) in [7, 11) is 0. The predicted molar refractivity (Wildman–Crippen MR) is 75.3 cm³/mol. The number of hydrogen-bond donors (Lipinski definition) is 0. The van der Waals surface area contributed by atoms with Gasteiger partial charge in [-0.2, -0.15) is 0 Å². The molecule has 0 aliphatic rings. The number of carbonyl (C=O) groups is 1. The van der Waals surface area contributed by atoms with Gasteiger partial charge in [-0.25, -0.2) is 4.98 Å². The van der Waals surface area contributed by atoms with Crippen LogP contribution >= 0.6 is 11.3 Å². The van der Waals surface area contributed by atoms with E-state index < -0.39 is 0 Å². The number of ketones is 1. The van der Waals surface area contributed by atoms with Gasteiger partial charge in [-0.1, -0.05) is 32.0 Å². The minimum absolute atomic E-state index is 0.0752. The second-order valence-corrected chi connectivity index (χ2v) is 6.11. The maximum Gasteiger partial charge on any atom is 0.204 e. The molecule has 94 valence electrons. The molecule has 0 fully saturated rings. The van der Waals surface area contributed by atoms with E-state index in [9.17, 15) is 4.79 Å². The summed E-state index contributed by atoms with van der Waals surface area (Å²) in [5, 5.41) is 0.927. The molecule has 0 bridgehead atoms. The van der Waals surface area contributed by atoms with E-state index in [1.165, 1.54) is 16.9 Å². The van der Waals surface area contributed by atoms with E-state index >= 15 is 0 Å². The maximum absolute atomic E-state index is 12.3. The van der Waals surface area contributed by atoms with Crippen LogP contribution in [0.2, 0.25) is 0 Å². The molecular formula is C15H17NOS. The molecule has 0 aliphatic carbocycles. The van der Waals surface area contributed by atoms with E-state index in [0.29, 0.717) is 10.8 Å². The Morgan fingerprint density at radius 1 is 1.39 bits per heavy atom. The van der Waals surface area contributed by atoms with Crippen LogP contribution in [0, 0.1) is 12.8 Å². The average Bonchev–Trinajstić information content (AvgIpc) is 2.74. The molecule has 2 aromatic rings. The lowest BCUT2D eigenvalue weighted by molar-refractivity contribution is 0.104. The SMILES string of the molecule is Cc1ncc(C(=O)c2cccc(CC(C)C)c2)s1. The molecule has 0 radical (unpaired) electrons. The lowest BCUT2D eigenvalue weighted by Gasteiger charge is -2.06. The van der Waals surface area contributed by atoms with Gasteiger partial charge in [-0.05, 0) is 30.9 Å². The first-order chi connectivity index (χ1) is 8.56. The van der Waals surface area contributed by atoms with Crippen LogP contribution in [0.1, 0.15) is 39.7 Å². The van der Waals surface area contributed by atoms with Crippen molar-refractivity contribution in [1.29, 1.82) is 0 Å². The van der Waals surface area contributed by atoms with E-state index in [0.717, 1.165) is 17.0 Å². The fourth-order valence-corrected chi connectivity index (χ4v) is 2.66. The third kappa shape index (κ3) is 3.05. The molecule has 0 aliphatic heterocycles. The summed E-state index contributed by atoms with van der Waals surface area (Å²) in [5.41, 5.74) is 1.98. The Kier molecular flexibility index (Phi) is 3.92. The number of benzene rings is 1. The first-order valence-corrected chi connectivity index (χ1v) is 6.94. The maximum atomic E-state index is 12.3. The van der Waals surface area contributed by atoms with Gasteiger partial charge in [0.05, 0.1) is 9.88 Å². The van der Waals surface area contributed by atoms with Crippen LogP contribution in [0.25, 0.3) is 0 Å². The normalized spacial score (nSPS) is 10.9. The fraction of sp³-hybridized carbons (Fsp3) is 0.333. The van der Waals surface area contributed by atoms with Crippen LogP contribution in [0.3, 0.4) is 0 Å². The topological polar surface area (TPSA) is 30.0 Å². The third-order valence-electron chi connectivity index (χ3n) is 2.68. The molecule has 0 unspecified atom stereocenters. The highest BCUT2D eigenvalue weighted by Crippen LogP contribution is 2.18. The van der Waals surface area contributed by atoms with Gasteiger partial charge in [0.2, 0.25) is 5.78 Å². The number of hydrogen-bond acceptors (Lipinski definition) is 3. The van der Waals surface area contributed by atoms with Crippen LogP contribution < -0.4 is 0 Å². The lowest BCUT2D eigenvalue weighted by Crippen LogP contribution is -2.01. The summed E-state index contributed by atoms with van der Waals surface area (Å²) in [6.45, 7) is 6.28. The van der Waals surface area contributed by atoms with E-state index in [1.54, 1.807) is 6.20 Å². The minimum Gasteiger partial charge on any atom is -0.288 e. The molecule has 18 heavy (non-hydrogen) atoms. The number of aryl methyl sites for hydroxylation is 1. The number of aromatic nitrogens is 1. The van der Waals surface area contributed by atoms with E-state index in [1.807, 2.05) is 25.1 Å². The van der Waals surface area contributed by atoms with Gasteiger partial charge in [0.1, 0.15) is 0 Å². The zero-order valence-electron chi connectivity index (χ0n) is 10.9. The fourth-order valence-electron chi connectivity index (χ4n) is 1.92. The minimum atomic E-state index is 0.0752. The van der Waals surface area contributed by atoms with Crippen LogP contribution in [-0.4, -0.2) is 10.8 Å². The lowest BCUT2D eigenvalue weighted by atomic mass is 9.99. The molecule has 0 saturated carbocycles. The smallest absolute Gasteiger partial charge is 0.204 e. The van der Waals surface area contributed by atoms with E-state index in [2.05, 4.69) is 24.9 Å². The Labute approximate surface area is 112 Å². The summed E-state index contributed by atoms with van der Waals surface area (Å²) in [6.07, 6.45) is 2.67. The first-order valence-electron chi connectivity index (χ1n) is 6.12. The van der Waals surface area contributed by atoms with Crippen LogP contribution in [-0.2, 0) is 6.42 Å². The molecule has 0 saturated heterocycles. The van der Waals surface area contributed by atoms with Crippen molar-refractivity contribution in [3.63, 3.8) is 0 Å². The van der Waals surface area contributed by atoms with E-state index in [-0.39, 0.29) is 5.78 Å². The molecule has 2 nitrogen and oxygen atoms in total. The second-order valence-electron chi connectivity index (χ2n) is 4.87. The molecule has 0 amide bonds. The van der Waals surface area contributed by atoms with Crippen molar-refractivity contribution in [2.45, 2.75) is 27.2 Å². The van der Waals surface area contributed by atoms with Gasteiger partial charge >= 0.3 is 0 Å². The standard InChI is InChI=1S/C15H17NOS/c1-10(2)7-12-5-4-6-13(8-12)15(17)14-9-16-11(3)18-14/h4-6,8-10H,7H2,1-3H3. The summed E-state index contributed by atoms with van der Waals surface area (Å²) >= 11 is 1.45. The van der Waals surface area contributed by atoms with Gasteiger partial charge in [-0.3, -0.25) is 4.79 Å². The van der Waals surface area contributed by atoms with Gasteiger partial charge in [-0.15, -0.1) is 11.3 Å². The first kappa shape index (κ1) is 13.0. The molecule has 0 atom stereocenters. The summed E-state index contributed by atoms with van der Waals surface area (Å²) in [5.74, 6) is 0.673. The largest absolute Gasteiger partial charge is 0.288 e. The average molecular weight is 259 g/mol. The van der Waals surface area contributed by atoms with Crippen molar-refractivity contribution in [1.82, 2.24) is 4.98 Å². The Morgan fingerprint density at radius 2 is 2.17 bits per heavy atom. The van der Waals surface area contributed by atoms with Gasteiger partial charge in [0.15, 0.2) is 0 Å².